The van der Waals surface area contributed by atoms with Crippen molar-refractivity contribution in [1.29, 1.82) is 0 Å². The van der Waals surface area contributed by atoms with Crippen molar-refractivity contribution in [1.82, 2.24) is 0 Å². The molecule has 5 heavy (non-hydrogen) atoms. The predicted molar refractivity (Wildman–Crippen MR) is 29.3 cm³/mol. The van der Waals surface area contributed by atoms with Crippen molar-refractivity contribution < 1.29 is 5.11 Å². The second kappa shape index (κ2) is 2.35. The van der Waals surface area contributed by atoms with Crippen LogP contribution in [0.5, 0.6) is 0 Å². The first-order valence-electron chi connectivity index (χ1n) is 1.19. The van der Waals surface area contributed by atoms with Crippen LogP contribution >= 0.6 is 11.2 Å². The molecule has 0 bridgehead atoms. The van der Waals surface area contributed by atoms with E-state index in [1.165, 1.54) is 11.2 Å². The number of aliphatic hydroxyl groups is 1. The van der Waals surface area contributed by atoms with Gasteiger partial charge in [-0.2, -0.15) is 0 Å². The molecule has 0 saturated carbocycles. The van der Waals surface area contributed by atoms with E-state index in [0.29, 0.717) is 0 Å². The van der Waals surface area contributed by atoms with Gasteiger partial charge in [-0.15, -0.1) is 11.2 Å². The zero-order chi connectivity index (χ0) is 4.28. The summed E-state index contributed by atoms with van der Waals surface area (Å²) in [5, 5.41) is 8.40. The predicted octanol–water partition coefficient (Wildman–Crippen LogP) is 0.0292. The topological polar surface area (TPSA) is 20.2 Å². The molecule has 0 aliphatic heterocycles. The minimum atomic E-state index is 0.233. The van der Waals surface area contributed by atoms with Crippen LogP contribution in [0.25, 0.3) is 0 Å². The molecule has 0 atom stereocenters. The fourth-order valence-corrected chi connectivity index (χ4v) is 0. The fourth-order valence-electron chi connectivity index (χ4n) is 0. The number of rotatable bonds is 1. The molecule has 0 radical (unpaired) electrons. The highest BCUT2D eigenvalue weighted by molar-refractivity contribution is 8.22. The summed E-state index contributed by atoms with van der Waals surface area (Å²) in [7, 11) is 0.941. The summed E-state index contributed by atoms with van der Waals surface area (Å²) in [6.45, 7) is 3.23. The third-order valence-electron chi connectivity index (χ3n) is 0.236. The van der Waals surface area contributed by atoms with Crippen molar-refractivity contribution >= 4 is 20.6 Å². The first-order chi connectivity index (χ1) is 2.27. The van der Waals surface area contributed by atoms with Crippen LogP contribution in [0.15, 0.2) is 11.7 Å². The Hall–Kier alpha value is 0.107. The third-order valence-corrected chi connectivity index (χ3v) is 2.12. The molecule has 0 saturated heterocycles. The molecule has 0 spiro atoms. The minimum Gasteiger partial charge on any atom is -0.503 e. The summed E-state index contributed by atoms with van der Waals surface area (Å²) in [5.41, 5.74) is 0. The van der Waals surface area contributed by atoms with Crippen LogP contribution in [0.3, 0.4) is 0 Å². The molecule has 0 heterocycles. The average Bonchev–Trinajstić information content (AvgIpc) is 1.38. The largest absolute Gasteiger partial charge is 0.503 e. The Morgan fingerprint density at radius 2 is 2.20 bits per heavy atom. The van der Waals surface area contributed by atoms with E-state index in [1.54, 1.807) is 0 Å². The smallest absolute Gasteiger partial charge is 0.135 e. The molecule has 0 aromatic heterocycles. The molecular formula is C2H6OSSi. The molecular weight excluding hydrogens is 100 g/mol. The maximum absolute atomic E-state index is 8.16. The van der Waals surface area contributed by atoms with Gasteiger partial charge < -0.3 is 5.11 Å². The number of hydrogen-bond donors (Lipinski definition) is 1. The Kier molecular flexibility index (Phi) is 2.40. The van der Waals surface area contributed by atoms with E-state index in [2.05, 4.69) is 6.58 Å². The molecule has 0 amide bonds. The highest BCUT2D eigenvalue weighted by Crippen LogP contribution is 1.98. The molecule has 0 rings (SSSR count). The standard InChI is InChI=1S/C2H6OSSi/c1-2(3)4-5/h3H,1H2,5H3. The van der Waals surface area contributed by atoms with Crippen LogP contribution in [0.4, 0.5) is 0 Å². The summed E-state index contributed by atoms with van der Waals surface area (Å²) in [5.74, 6) is 0. The van der Waals surface area contributed by atoms with Gasteiger partial charge in [0.25, 0.3) is 0 Å². The summed E-state index contributed by atoms with van der Waals surface area (Å²) in [6.07, 6.45) is 0. The molecule has 0 unspecified atom stereocenters. The fraction of sp³-hybridized carbons (Fsp3) is 0. The summed E-state index contributed by atoms with van der Waals surface area (Å²) in [6, 6.07) is 0. The van der Waals surface area contributed by atoms with Crippen LogP contribution in [-0.2, 0) is 0 Å². The van der Waals surface area contributed by atoms with Crippen LogP contribution in [0, 0.1) is 0 Å². The molecule has 1 nitrogen and oxygen atoms in total. The Bertz CT molecular complexity index is 44.9. The Balaban J connectivity index is 2.85. The molecule has 1 N–H and O–H groups in total. The second-order valence-electron chi connectivity index (χ2n) is 0.598. The molecule has 30 valence electrons. The van der Waals surface area contributed by atoms with Crippen LogP contribution in [-0.4, -0.2) is 14.5 Å². The zero-order valence-electron chi connectivity index (χ0n) is 3.06. The molecule has 0 aromatic carbocycles. The SMILES string of the molecule is C=C(O)S[SiH3]. The molecule has 0 fully saturated rings. The first-order valence-corrected chi connectivity index (χ1v) is 4.86. The van der Waals surface area contributed by atoms with Gasteiger partial charge in [-0.1, -0.05) is 6.58 Å². The highest BCUT2D eigenvalue weighted by atomic mass is 32.4. The second-order valence-corrected chi connectivity index (χ2v) is 2.70. The Labute approximate surface area is 38.1 Å². The first kappa shape index (κ1) is 5.11. The van der Waals surface area contributed by atoms with Crippen LogP contribution in [0.1, 0.15) is 0 Å². The highest BCUT2D eigenvalue weighted by Gasteiger charge is 1.70. The van der Waals surface area contributed by atoms with E-state index >= 15 is 0 Å². The van der Waals surface area contributed by atoms with E-state index in [9.17, 15) is 0 Å². The van der Waals surface area contributed by atoms with Gasteiger partial charge in [0.2, 0.25) is 0 Å². The lowest BCUT2D eigenvalue weighted by Crippen LogP contribution is -1.60. The van der Waals surface area contributed by atoms with Gasteiger partial charge in [0.15, 0.2) is 0 Å². The summed E-state index contributed by atoms with van der Waals surface area (Å²) in [4.78, 5) is 0. The van der Waals surface area contributed by atoms with E-state index in [1.807, 2.05) is 0 Å². The quantitative estimate of drug-likeness (QED) is 0.376. The van der Waals surface area contributed by atoms with Crippen molar-refractivity contribution in [2.24, 2.45) is 0 Å². The van der Waals surface area contributed by atoms with Gasteiger partial charge in [-0.25, -0.2) is 0 Å². The third kappa shape index (κ3) is 4.11. The van der Waals surface area contributed by atoms with Gasteiger partial charge >= 0.3 is 0 Å². The van der Waals surface area contributed by atoms with E-state index in [4.69, 9.17) is 5.11 Å². The molecule has 0 aliphatic rings. The Morgan fingerprint density at radius 1 is 2.00 bits per heavy atom. The lowest BCUT2D eigenvalue weighted by atomic mass is 11.2. The normalized spacial score (nSPS) is 8.00. The van der Waals surface area contributed by atoms with Crippen LogP contribution < -0.4 is 0 Å². The van der Waals surface area contributed by atoms with Gasteiger partial charge in [0, 0.05) is 0 Å². The van der Waals surface area contributed by atoms with Crippen LogP contribution in [0.2, 0.25) is 0 Å². The van der Waals surface area contributed by atoms with Crippen molar-refractivity contribution in [2.45, 2.75) is 0 Å². The average molecular weight is 106 g/mol. The van der Waals surface area contributed by atoms with Crippen molar-refractivity contribution in [2.75, 3.05) is 0 Å². The minimum absolute atomic E-state index is 0.233. The zero-order valence-corrected chi connectivity index (χ0v) is 5.88. The van der Waals surface area contributed by atoms with E-state index in [0.717, 1.165) is 9.39 Å². The maximum atomic E-state index is 8.16. The summed E-state index contributed by atoms with van der Waals surface area (Å²) < 4.78 is 0. The van der Waals surface area contributed by atoms with Crippen molar-refractivity contribution in [3.8, 4) is 0 Å². The van der Waals surface area contributed by atoms with Crippen molar-refractivity contribution in [3.63, 3.8) is 0 Å². The molecule has 3 heteroatoms. The lowest BCUT2D eigenvalue weighted by molar-refractivity contribution is 0.460. The van der Waals surface area contributed by atoms with Gasteiger partial charge in [0.05, 0.1) is 9.39 Å². The van der Waals surface area contributed by atoms with E-state index in [-0.39, 0.29) is 5.09 Å². The van der Waals surface area contributed by atoms with Gasteiger partial charge in [0.1, 0.15) is 5.09 Å². The molecule has 0 aromatic rings. The number of aliphatic hydroxyl groups excluding tert-OH is 1. The lowest BCUT2D eigenvalue weighted by Gasteiger charge is -1.80. The summed E-state index contributed by atoms with van der Waals surface area (Å²) >= 11 is 1.38. The molecule has 0 aliphatic carbocycles. The maximum Gasteiger partial charge on any atom is 0.135 e. The van der Waals surface area contributed by atoms with Crippen molar-refractivity contribution in [3.05, 3.63) is 11.7 Å². The Morgan fingerprint density at radius 3 is 2.20 bits per heavy atom. The van der Waals surface area contributed by atoms with Gasteiger partial charge in [-0.05, 0) is 0 Å². The number of hydrogen-bond acceptors (Lipinski definition) is 2. The van der Waals surface area contributed by atoms with Gasteiger partial charge in [-0.3, -0.25) is 0 Å². The monoisotopic (exact) mass is 106 g/mol. The van der Waals surface area contributed by atoms with E-state index < -0.39 is 0 Å².